The average molecular weight is 216 g/mol. The standard InChI is InChI=1S/C12H12N2O2/c1-9-3-5-12(13-7-9)16-10-4-6-11(15-2)14-8-10/h3-8H,1-2H3. The SMILES string of the molecule is COc1ccc(Oc2ccc(C)cn2)cn1. The van der Waals surface area contributed by atoms with Crippen LogP contribution in [0.5, 0.6) is 17.5 Å². The summed E-state index contributed by atoms with van der Waals surface area (Å²) in [7, 11) is 1.57. The first-order valence-electron chi connectivity index (χ1n) is 4.88. The van der Waals surface area contributed by atoms with Crippen molar-refractivity contribution in [3.05, 3.63) is 42.2 Å². The Morgan fingerprint density at radius 3 is 2.25 bits per heavy atom. The fourth-order valence-electron chi connectivity index (χ4n) is 1.18. The molecule has 0 bridgehead atoms. The molecule has 0 fully saturated rings. The molecule has 4 heteroatoms. The van der Waals surface area contributed by atoms with Crippen LogP contribution in [0.1, 0.15) is 5.56 Å². The van der Waals surface area contributed by atoms with Crippen LogP contribution in [0.4, 0.5) is 0 Å². The number of hydrogen-bond acceptors (Lipinski definition) is 4. The first kappa shape index (κ1) is 10.4. The van der Waals surface area contributed by atoms with Gasteiger partial charge in [0.05, 0.1) is 13.3 Å². The van der Waals surface area contributed by atoms with E-state index in [1.807, 2.05) is 19.1 Å². The number of hydrogen-bond donors (Lipinski definition) is 0. The molecule has 4 nitrogen and oxygen atoms in total. The van der Waals surface area contributed by atoms with Gasteiger partial charge in [-0.2, -0.15) is 0 Å². The van der Waals surface area contributed by atoms with E-state index in [9.17, 15) is 0 Å². The maximum absolute atomic E-state index is 5.50. The molecule has 2 heterocycles. The van der Waals surface area contributed by atoms with E-state index < -0.39 is 0 Å². The quantitative estimate of drug-likeness (QED) is 0.791. The summed E-state index contributed by atoms with van der Waals surface area (Å²) in [6.45, 7) is 1.98. The van der Waals surface area contributed by atoms with Crippen molar-refractivity contribution in [3.63, 3.8) is 0 Å². The molecule has 0 aromatic carbocycles. The summed E-state index contributed by atoms with van der Waals surface area (Å²) in [6.07, 6.45) is 3.35. The number of rotatable bonds is 3. The van der Waals surface area contributed by atoms with Gasteiger partial charge in [0.1, 0.15) is 5.75 Å². The van der Waals surface area contributed by atoms with Crippen molar-refractivity contribution < 1.29 is 9.47 Å². The van der Waals surface area contributed by atoms with Gasteiger partial charge in [-0.1, -0.05) is 6.07 Å². The van der Waals surface area contributed by atoms with Crippen LogP contribution >= 0.6 is 0 Å². The van der Waals surface area contributed by atoms with Gasteiger partial charge in [0.2, 0.25) is 11.8 Å². The molecule has 0 aliphatic rings. The van der Waals surface area contributed by atoms with E-state index in [1.54, 1.807) is 31.6 Å². The van der Waals surface area contributed by atoms with Gasteiger partial charge in [-0.05, 0) is 18.6 Å². The maximum Gasteiger partial charge on any atom is 0.219 e. The van der Waals surface area contributed by atoms with E-state index in [2.05, 4.69) is 9.97 Å². The zero-order valence-corrected chi connectivity index (χ0v) is 9.18. The van der Waals surface area contributed by atoms with Gasteiger partial charge in [0.15, 0.2) is 0 Å². The van der Waals surface area contributed by atoms with Crippen molar-refractivity contribution in [2.75, 3.05) is 7.11 Å². The Kier molecular flexibility index (Phi) is 3.00. The zero-order chi connectivity index (χ0) is 11.4. The molecule has 0 unspecified atom stereocenters. The Hall–Kier alpha value is -2.10. The Balaban J connectivity index is 2.11. The van der Waals surface area contributed by atoms with Gasteiger partial charge in [-0.3, -0.25) is 0 Å². The molecule has 0 spiro atoms. The number of ether oxygens (including phenoxy) is 2. The van der Waals surface area contributed by atoms with Gasteiger partial charge in [-0.15, -0.1) is 0 Å². The predicted octanol–water partition coefficient (Wildman–Crippen LogP) is 2.59. The first-order valence-corrected chi connectivity index (χ1v) is 4.88. The fourth-order valence-corrected chi connectivity index (χ4v) is 1.18. The topological polar surface area (TPSA) is 44.2 Å². The van der Waals surface area contributed by atoms with E-state index in [1.165, 1.54) is 0 Å². The smallest absolute Gasteiger partial charge is 0.219 e. The van der Waals surface area contributed by atoms with Gasteiger partial charge >= 0.3 is 0 Å². The molecule has 0 saturated heterocycles. The zero-order valence-electron chi connectivity index (χ0n) is 9.18. The first-order chi connectivity index (χ1) is 7.78. The lowest BCUT2D eigenvalue weighted by molar-refractivity contribution is 0.394. The van der Waals surface area contributed by atoms with E-state index in [4.69, 9.17) is 9.47 Å². The van der Waals surface area contributed by atoms with Crippen molar-refractivity contribution >= 4 is 0 Å². The van der Waals surface area contributed by atoms with Crippen LogP contribution < -0.4 is 9.47 Å². The van der Waals surface area contributed by atoms with Crippen molar-refractivity contribution in [2.45, 2.75) is 6.92 Å². The Morgan fingerprint density at radius 2 is 1.69 bits per heavy atom. The molecule has 0 aliphatic heterocycles. The Labute approximate surface area is 93.9 Å². The summed E-state index contributed by atoms with van der Waals surface area (Å²) in [4.78, 5) is 8.17. The van der Waals surface area contributed by atoms with Crippen molar-refractivity contribution in [1.29, 1.82) is 0 Å². The van der Waals surface area contributed by atoms with Crippen LogP contribution in [-0.2, 0) is 0 Å². The highest BCUT2D eigenvalue weighted by atomic mass is 16.5. The number of aryl methyl sites for hydroxylation is 1. The highest BCUT2D eigenvalue weighted by Gasteiger charge is 1.99. The van der Waals surface area contributed by atoms with Crippen molar-refractivity contribution in [2.24, 2.45) is 0 Å². The second-order valence-electron chi connectivity index (χ2n) is 3.31. The maximum atomic E-state index is 5.50. The van der Waals surface area contributed by atoms with Crippen LogP contribution in [0.3, 0.4) is 0 Å². The minimum Gasteiger partial charge on any atom is -0.481 e. The van der Waals surface area contributed by atoms with Crippen LogP contribution in [0.25, 0.3) is 0 Å². The fraction of sp³-hybridized carbons (Fsp3) is 0.167. The molecule has 0 aliphatic carbocycles. The lowest BCUT2D eigenvalue weighted by Gasteiger charge is -2.04. The van der Waals surface area contributed by atoms with Crippen LogP contribution in [0.2, 0.25) is 0 Å². The van der Waals surface area contributed by atoms with E-state index in [0.29, 0.717) is 17.5 Å². The molecule has 0 N–H and O–H groups in total. The number of aromatic nitrogens is 2. The molecular formula is C12H12N2O2. The van der Waals surface area contributed by atoms with E-state index in [-0.39, 0.29) is 0 Å². The molecule has 0 radical (unpaired) electrons. The van der Waals surface area contributed by atoms with Gasteiger partial charge in [0, 0.05) is 18.3 Å². The number of nitrogens with zero attached hydrogens (tertiary/aromatic N) is 2. The Morgan fingerprint density at radius 1 is 0.938 bits per heavy atom. The van der Waals surface area contributed by atoms with Crippen molar-refractivity contribution in [3.8, 4) is 17.5 Å². The third kappa shape index (κ3) is 2.48. The lowest BCUT2D eigenvalue weighted by Crippen LogP contribution is -1.90. The molecule has 82 valence electrons. The average Bonchev–Trinajstić information content (AvgIpc) is 2.33. The van der Waals surface area contributed by atoms with Crippen LogP contribution in [-0.4, -0.2) is 17.1 Å². The normalized spacial score (nSPS) is 9.88. The van der Waals surface area contributed by atoms with Gasteiger partial charge in [0.25, 0.3) is 0 Å². The van der Waals surface area contributed by atoms with Crippen LogP contribution in [0.15, 0.2) is 36.7 Å². The summed E-state index contributed by atoms with van der Waals surface area (Å²) in [5, 5.41) is 0. The molecule has 2 rings (SSSR count). The lowest BCUT2D eigenvalue weighted by atomic mass is 10.3. The summed E-state index contributed by atoms with van der Waals surface area (Å²) in [5.41, 5.74) is 1.10. The van der Waals surface area contributed by atoms with Crippen LogP contribution in [0, 0.1) is 6.92 Å². The highest BCUT2D eigenvalue weighted by molar-refractivity contribution is 5.27. The molecule has 16 heavy (non-hydrogen) atoms. The second kappa shape index (κ2) is 4.61. The van der Waals surface area contributed by atoms with Gasteiger partial charge in [-0.25, -0.2) is 9.97 Å². The van der Waals surface area contributed by atoms with Crippen molar-refractivity contribution in [1.82, 2.24) is 9.97 Å². The monoisotopic (exact) mass is 216 g/mol. The summed E-state index contributed by atoms with van der Waals surface area (Å²) in [6, 6.07) is 7.29. The third-order valence-electron chi connectivity index (χ3n) is 2.02. The van der Waals surface area contributed by atoms with E-state index in [0.717, 1.165) is 5.56 Å². The Bertz CT molecular complexity index is 451. The highest BCUT2D eigenvalue weighted by Crippen LogP contribution is 2.19. The number of pyridine rings is 2. The molecule has 0 atom stereocenters. The minimum atomic E-state index is 0.553. The molecule has 2 aromatic heterocycles. The summed E-state index contributed by atoms with van der Waals surface area (Å²) >= 11 is 0. The largest absolute Gasteiger partial charge is 0.481 e. The summed E-state index contributed by atoms with van der Waals surface area (Å²) in [5.74, 6) is 1.75. The molecule has 0 amide bonds. The summed E-state index contributed by atoms with van der Waals surface area (Å²) < 4.78 is 10.5. The molecule has 0 saturated carbocycles. The van der Waals surface area contributed by atoms with Gasteiger partial charge < -0.3 is 9.47 Å². The minimum absolute atomic E-state index is 0.553. The molecular weight excluding hydrogens is 204 g/mol. The molecule has 2 aromatic rings. The third-order valence-corrected chi connectivity index (χ3v) is 2.02. The second-order valence-corrected chi connectivity index (χ2v) is 3.31. The predicted molar refractivity (Wildman–Crippen MR) is 59.8 cm³/mol. The van der Waals surface area contributed by atoms with E-state index >= 15 is 0 Å². The number of methoxy groups -OCH3 is 1.